The number of fused-ring (bicyclic) bond motifs is 1. The van der Waals surface area contributed by atoms with E-state index in [1.54, 1.807) is 0 Å². The maximum atomic E-state index is 12.3. The van der Waals surface area contributed by atoms with E-state index in [0.29, 0.717) is 6.42 Å². The number of primary amides is 1. The number of nitrogens with zero attached hydrogens (tertiary/aromatic N) is 1. The highest BCUT2D eigenvalue weighted by molar-refractivity contribution is 5.95. The highest BCUT2D eigenvalue weighted by Crippen LogP contribution is 2.36. The van der Waals surface area contributed by atoms with Crippen molar-refractivity contribution in [3.63, 3.8) is 0 Å². The zero-order valence-electron chi connectivity index (χ0n) is 13.1. The van der Waals surface area contributed by atoms with Gasteiger partial charge in [0.2, 0.25) is 5.91 Å². The van der Waals surface area contributed by atoms with E-state index >= 15 is 0 Å². The van der Waals surface area contributed by atoms with Crippen LogP contribution in [-0.4, -0.2) is 31.4 Å². The Morgan fingerprint density at radius 1 is 1.14 bits per heavy atom. The van der Waals surface area contributed by atoms with Crippen molar-refractivity contribution in [3.8, 4) is 0 Å². The first kappa shape index (κ1) is 15.5. The fourth-order valence-corrected chi connectivity index (χ4v) is 2.99. The summed E-state index contributed by atoms with van der Waals surface area (Å²) in [6.07, 6.45) is 1.45. The van der Waals surface area contributed by atoms with Crippen LogP contribution >= 0.6 is 0 Å². The molecule has 1 atom stereocenters. The standard InChI is InChI=1S/C18H24N2O/c1-4-18(17(19)21,12-13-20(2)3)16-11-7-9-14-8-5-6-10-15(14)16/h5-11H,4,12-13H2,1-3H3,(H2,19,21)/t18-/m1/s1. The minimum Gasteiger partial charge on any atom is -0.369 e. The largest absolute Gasteiger partial charge is 0.369 e. The van der Waals surface area contributed by atoms with E-state index in [0.717, 1.165) is 29.3 Å². The molecule has 3 heteroatoms. The van der Waals surface area contributed by atoms with E-state index in [1.807, 2.05) is 45.3 Å². The van der Waals surface area contributed by atoms with Crippen molar-refractivity contribution in [3.05, 3.63) is 48.0 Å². The van der Waals surface area contributed by atoms with Crippen molar-refractivity contribution in [2.24, 2.45) is 5.73 Å². The predicted octanol–water partition coefficient (Wildman–Crippen LogP) is 2.92. The second-order valence-electron chi connectivity index (χ2n) is 5.88. The summed E-state index contributed by atoms with van der Waals surface area (Å²) in [4.78, 5) is 14.4. The molecule has 0 radical (unpaired) electrons. The highest BCUT2D eigenvalue weighted by atomic mass is 16.1. The van der Waals surface area contributed by atoms with Gasteiger partial charge in [0.25, 0.3) is 0 Å². The number of rotatable bonds is 6. The quantitative estimate of drug-likeness (QED) is 0.886. The second-order valence-corrected chi connectivity index (χ2v) is 5.88. The molecular weight excluding hydrogens is 260 g/mol. The number of hydrogen-bond acceptors (Lipinski definition) is 2. The molecule has 1 amide bonds. The third-order valence-electron chi connectivity index (χ3n) is 4.37. The smallest absolute Gasteiger partial charge is 0.228 e. The Morgan fingerprint density at radius 3 is 2.43 bits per heavy atom. The lowest BCUT2D eigenvalue weighted by molar-refractivity contribution is -0.124. The first-order valence-electron chi connectivity index (χ1n) is 7.44. The van der Waals surface area contributed by atoms with E-state index in [2.05, 4.69) is 23.1 Å². The lowest BCUT2D eigenvalue weighted by Gasteiger charge is -2.32. The summed E-state index contributed by atoms with van der Waals surface area (Å²) in [5.74, 6) is -0.233. The minimum atomic E-state index is -0.606. The molecule has 2 rings (SSSR count). The lowest BCUT2D eigenvalue weighted by atomic mass is 9.73. The molecule has 2 aromatic carbocycles. The Morgan fingerprint density at radius 2 is 1.81 bits per heavy atom. The molecule has 21 heavy (non-hydrogen) atoms. The topological polar surface area (TPSA) is 46.3 Å². The Hall–Kier alpha value is -1.87. The van der Waals surface area contributed by atoms with Crippen molar-refractivity contribution in [1.82, 2.24) is 4.90 Å². The van der Waals surface area contributed by atoms with Gasteiger partial charge in [0.15, 0.2) is 0 Å². The number of nitrogens with two attached hydrogens (primary N) is 1. The SMILES string of the molecule is CC[C@](CCN(C)C)(C(N)=O)c1cccc2ccccc12. The average Bonchev–Trinajstić information content (AvgIpc) is 2.48. The lowest BCUT2D eigenvalue weighted by Crippen LogP contribution is -2.43. The van der Waals surface area contributed by atoms with Gasteiger partial charge in [-0.25, -0.2) is 0 Å². The maximum Gasteiger partial charge on any atom is 0.228 e. The first-order valence-corrected chi connectivity index (χ1v) is 7.44. The summed E-state index contributed by atoms with van der Waals surface area (Å²) in [7, 11) is 4.04. The van der Waals surface area contributed by atoms with Gasteiger partial charge in [-0.1, -0.05) is 49.4 Å². The summed E-state index contributed by atoms with van der Waals surface area (Å²) in [6.45, 7) is 2.88. The van der Waals surface area contributed by atoms with E-state index in [1.165, 1.54) is 0 Å². The van der Waals surface area contributed by atoms with E-state index < -0.39 is 5.41 Å². The van der Waals surface area contributed by atoms with Gasteiger partial charge in [0, 0.05) is 0 Å². The molecule has 2 aromatic rings. The van der Waals surface area contributed by atoms with Crippen LogP contribution in [0.25, 0.3) is 10.8 Å². The van der Waals surface area contributed by atoms with Crippen LogP contribution in [0.3, 0.4) is 0 Å². The number of hydrogen-bond donors (Lipinski definition) is 1. The number of benzene rings is 2. The Labute approximate surface area is 126 Å². The van der Waals surface area contributed by atoms with Crippen LogP contribution in [0.1, 0.15) is 25.3 Å². The zero-order valence-corrected chi connectivity index (χ0v) is 13.1. The third-order valence-corrected chi connectivity index (χ3v) is 4.37. The van der Waals surface area contributed by atoms with Gasteiger partial charge in [-0.05, 0) is 49.8 Å². The molecule has 0 saturated heterocycles. The molecule has 0 saturated carbocycles. The van der Waals surface area contributed by atoms with Gasteiger partial charge in [0.05, 0.1) is 5.41 Å². The number of carbonyl (C=O) groups is 1. The molecule has 0 bridgehead atoms. The van der Waals surface area contributed by atoms with Crippen LogP contribution in [0.2, 0.25) is 0 Å². The molecule has 0 aliphatic rings. The molecule has 0 aliphatic carbocycles. The average molecular weight is 284 g/mol. The maximum absolute atomic E-state index is 12.3. The van der Waals surface area contributed by atoms with Gasteiger partial charge in [-0.15, -0.1) is 0 Å². The molecule has 2 N–H and O–H groups in total. The molecule has 0 unspecified atom stereocenters. The summed E-state index contributed by atoms with van der Waals surface area (Å²) in [5, 5.41) is 2.28. The van der Waals surface area contributed by atoms with Gasteiger partial charge in [0.1, 0.15) is 0 Å². The van der Waals surface area contributed by atoms with Crippen molar-refractivity contribution in [2.45, 2.75) is 25.2 Å². The molecule has 112 valence electrons. The second kappa shape index (κ2) is 6.27. The van der Waals surface area contributed by atoms with Crippen molar-refractivity contribution < 1.29 is 4.79 Å². The van der Waals surface area contributed by atoms with Crippen molar-refractivity contribution in [1.29, 1.82) is 0 Å². The van der Waals surface area contributed by atoms with Crippen LogP contribution in [0.4, 0.5) is 0 Å². The predicted molar refractivity (Wildman–Crippen MR) is 88.3 cm³/mol. The molecular formula is C18H24N2O. The van der Waals surface area contributed by atoms with Crippen LogP contribution < -0.4 is 5.73 Å². The van der Waals surface area contributed by atoms with Gasteiger partial charge in [-0.3, -0.25) is 4.79 Å². The first-order chi connectivity index (χ1) is 10.0. The fourth-order valence-electron chi connectivity index (χ4n) is 2.99. The van der Waals surface area contributed by atoms with E-state index in [9.17, 15) is 4.79 Å². The molecule has 0 spiro atoms. The van der Waals surface area contributed by atoms with Crippen LogP contribution in [0.5, 0.6) is 0 Å². The molecule has 0 aromatic heterocycles. The van der Waals surface area contributed by atoms with E-state index in [4.69, 9.17) is 5.73 Å². The van der Waals surface area contributed by atoms with Crippen LogP contribution in [0, 0.1) is 0 Å². The van der Waals surface area contributed by atoms with Gasteiger partial charge >= 0.3 is 0 Å². The van der Waals surface area contributed by atoms with E-state index in [-0.39, 0.29) is 5.91 Å². The Balaban J connectivity index is 2.60. The summed E-state index contributed by atoms with van der Waals surface area (Å²) in [5.41, 5.74) is 6.28. The highest BCUT2D eigenvalue weighted by Gasteiger charge is 2.37. The Bertz CT molecular complexity index is 631. The van der Waals surface area contributed by atoms with Crippen LogP contribution in [-0.2, 0) is 10.2 Å². The van der Waals surface area contributed by atoms with Gasteiger partial charge < -0.3 is 10.6 Å². The summed E-state index contributed by atoms with van der Waals surface area (Å²) < 4.78 is 0. The third kappa shape index (κ3) is 2.93. The number of amides is 1. The monoisotopic (exact) mass is 284 g/mol. The van der Waals surface area contributed by atoms with Gasteiger partial charge in [-0.2, -0.15) is 0 Å². The Kier molecular flexibility index (Phi) is 4.63. The molecule has 3 nitrogen and oxygen atoms in total. The summed E-state index contributed by atoms with van der Waals surface area (Å²) in [6, 6.07) is 14.3. The zero-order chi connectivity index (χ0) is 15.5. The molecule has 0 fully saturated rings. The molecule has 0 aliphatic heterocycles. The van der Waals surface area contributed by atoms with Crippen LogP contribution in [0.15, 0.2) is 42.5 Å². The molecule has 0 heterocycles. The minimum absolute atomic E-state index is 0.233. The van der Waals surface area contributed by atoms with Crippen molar-refractivity contribution in [2.75, 3.05) is 20.6 Å². The number of carbonyl (C=O) groups excluding carboxylic acids is 1. The normalized spacial score (nSPS) is 14.3. The van der Waals surface area contributed by atoms with Crippen molar-refractivity contribution >= 4 is 16.7 Å². The summed E-state index contributed by atoms with van der Waals surface area (Å²) >= 11 is 0. The fraction of sp³-hybridized carbons (Fsp3) is 0.389.